The van der Waals surface area contributed by atoms with Crippen LogP contribution < -0.4 is 5.32 Å². The van der Waals surface area contributed by atoms with Gasteiger partial charge in [-0.1, -0.05) is 62.5 Å². The predicted octanol–water partition coefficient (Wildman–Crippen LogP) is 5.01. The summed E-state index contributed by atoms with van der Waals surface area (Å²) in [5, 5.41) is 4.83. The van der Waals surface area contributed by atoms with E-state index in [4.69, 9.17) is 23.2 Å². The largest absolute Gasteiger partial charge is 0.310 e. The van der Waals surface area contributed by atoms with E-state index in [1.165, 1.54) is 6.42 Å². The summed E-state index contributed by atoms with van der Waals surface area (Å²) in [5.74, 6) is 0.738. The molecule has 0 aliphatic heterocycles. The second kappa shape index (κ2) is 9.68. The minimum absolute atomic E-state index is 0.251. The Morgan fingerprint density at radius 3 is 2.57 bits per heavy atom. The van der Waals surface area contributed by atoms with Crippen LogP contribution in [0.2, 0.25) is 10.0 Å². The minimum atomic E-state index is 0.251. The fourth-order valence-corrected chi connectivity index (χ4v) is 2.94. The van der Waals surface area contributed by atoms with E-state index in [0.717, 1.165) is 37.5 Å². The summed E-state index contributed by atoms with van der Waals surface area (Å²) in [6.07, 6.45) is 2.25. The molecule has 2 unspecified atom stereocenters. The lowest BCUT2D eigenvalue weighted by molar-refractivity contribution is 0.266. The topological polar surface area (TPSA) is 15.3 Å². The van der Waals surface area contributed by atoms with Gasteiger partial charge >= 0.3 is 0 Å². The summed E-state index contributed by atoms with van der Waals surface area (Å²) in [7, 11) is 2.19. The van der Waals surface area contributed by atoms with E-state index in [0.29, 0.717) is 10.0 Å². The summed E-state index contributed by atoms with van der Waals surface area (Å²) in [5.41, 5.74) is 1.10. The summed E-state index contributed by atoms with van der Waals surface area (Å²) >= 11 is 12.5. The molecule has 0 aliphatic carbocycles. The van der Waals surface area contributed by atoms with Crippen molar-refractivity contribution >= 4 is 23.2 Å². The zero-order valence-electron chi connectivity index (χ0n) is 13.6. The van der Waals surface area contributed by atoms with Crippen molar-refractivity contribution in [2.75, 3.05) is 26.7 Å². The van der Waals surface area contributed by atoms with Crippen LogP contribution in [0.5, 0.6) is 0 Å². The van der Waals surface area contributed by atoms with Gasteiger partial charge in [0.1, 0.15) is 0 Å². The second-order valence-corrected chi connectivity index (χ2v) is 6.60. The summed E-state index contributed by atoms with van der Waals surface area (Å²) in [6.45, 7) is 9.76. The molecule has 1 rings (SSSR count). The van der Waals surface area contributed by atoms with Gasteiger partial charge in [0, 0.05) is 12.6 Å². The van der Waals surface area contributed by atoms with Gasteiger partial charge in [0.2, 0.25) is 0 Å². The van der Waals surface area contributed by atoms with Crippen LogP contribution in [0.3, 0.4) is 0 Å². The third kappa shape index (κ3) is 6.15. The van der Waals surface area contributed by atoms with Crippen LogP contribution in [0.15, 0.2) is 18.2 Å². The van der Waals surface area contributed by atoms with E-state index in [1.54, 1.807) is 0 Å². The number of benzene rings is 1. The maximum absolute atomic E-state index is 6.36. The van der Waals surface area contributed by atoms with Crippen molar-refractivity contribution < 1.29 is 0 Å². The maximum Gasteiger partial charge on any atom is 0.0640 e. The Hall–Kier alpha value is -0.280. The van der Waals surface area contributed by atoms with Crippen molar-refractivity contribution in [2.24, 2.45) is 5.92 Å². The SMILES string of the molecule is CCNC(CCN(C)CC(C)CC)c1cccc(Cl)c1Cl. The van der Waals surface area contributed by atoms with Crippen LogP contribution in [-0.4, -0.2) is 31.6 Å². The van der Waals surface area contributed by atoms with E-state index >= 15 is 0 Å². The molecule has 4 heteroatoms. The summed E-state index contributed by atoms with van der Waals surface area (Å²) in [6, 6.07) is 6.12. The zero-order valence-corrected chi connectivity index (χ0v) is 15.1. The number of rotatable bonds is 9. The number of halogens is 2. The van der Waals surface area contributed by atoms with Crippen molar-refractivity contribution in [1.29, 1.82) is 0 Å². The normalized spacial score (nSPS) is 14.4. The van der Waals surface area contributed by atoms with Crippen LogP contribution in [0.25, 0.3) is 0 Å². The molecule has 0 spiro atoms. The lowest BCUT2D eigenvalue weighted by atomic mass is 10.0. The fourth-order valence-electron chi connectivity index (χ4n) is 2.51. The number of hydrogen-bond donors (Lipinski definition) is 1. The number of nitrogens with zero attached hydrogens (tertiary/aromatic N) is 1. The smallest absolute Gasteiger partial charge is 0.0640 e. The number of hydrogen-bond acceptors (Lipinski definition) is 2. The third-order valence-corrected chi connectivity index (χ3v) is 4.76. The summed E-state index contributed by atoms with van der Waals surface area (Å²) in [4.78, 5) is 2.40. The van der Waals surface area contributed by atoms with Gasteiger partial charge in [-0.25, -0.2) is 0 Å². The lowest BCUT2D eigenvalue weighted by Gasteiger charge is -2.25. The molecule has 0 fully saturated rings. The molecular formula is C17H28Cl2N2. The molecule has 21 heavy (non-hydrogen) atoms. The predicted molar refractivity (Wildman–Crippen MR) is 94.4 cm³/mol. The lowest BCUT2D eigenvalue weighted by Crippen LogP contribution is -2.30. The average Bonchev–Trinajstić information content (AvgIpc) is 2.46. The molecule has 0 saturated carbocycles. The first kappa shape index (κ1) is 18.8. The zero-order chi connectivity index (χ0) is 15.8. The molecule has 0 bridgehead atoms. The van der Waals surface area contributed by atoms with E-state index in [-0.39, 0.29) is 6.04 Å². The fraction of sp³-hybridized carbons (Fsp3) is 0.647. The van der Waals surface area contributed by atoms with Crippen molar-refractivity contribution in [3.63, 3.8) is 0 Å². The Bertz CT molecular complexity index is 423. The van der Waals surface area contributed by atoms with Gasteiger partial charge in [0.15, 0.2) is 0 Å². The Morgan fingerprint density at radius 1 is 1.24 bits per heavy atom. The first-order valence-corrected chi connectivity index (χ1v) is 8.60. The van der Waals surface area contributed by atoms with Crippen molar-refractivity contribution in [3.8, 4) is 0 Å². The second-order valence-electron chi connectivity index (χ2n) is 5.82. The molecule has 0 aliphatic rings. The molecule has 0 heterocycles. The molecule has 0 amide bonds. The highest BCUT2D eigenvalue weighted by molar-refractivity contribution is 6.42. The summed E-state index contributed by atoms with van der Waals surface area (Å²) < 4.78 is 0. The minimum Gasteiger partial charge on any atom is -0.310 e. The molecule has 1 aromatic rings. The van der Waals surface area contributed by atoms with E-state index < -0.39 is 0 Å². The maximum atomic E-state index is 6.36. The van der Waals surface area contributed by atoms with Crippen molar-refractivity contribution in [2.45, 2.75) is 39.7 Å². The van der Waals surface area contributed by atoms with Crippen LogP contribution >= 0.6 is 23.2 Å². The van der Waals surface area contributed by atoms with E-state index in [1.807, 2.05) is 12.1 Å². The molecule has 1 N–H and O–H groups in total. The number of nitrogens with one attached hydrogen (secondary N) is 1. The Kier molecular flexibility index (Phi) is 8.65. The van der Waals surface area contributed by atoms with E-state index in [2.05, 4.69) is 44.1 Å². The molecule has 120 valence electrons. The molecular weight excluding hydrogens is 303 g/mol. The highest BCUT2D eigenvalue weighted by atomic mass is 35.5. The van der Waals surface area contributed by atoms with Crippen LogP contribution in [-0.2, 0) is 0 Å². The Morgan fingerprint density at radius 2 is 1.95 bits per heavy atom. The van der Waals surface area contributed by atoms with Gasteiger partial charge in [-0.2, -0.15) is 0 Å². The van der Waals surface area contributed by atoms with Crippen LogP contribution in [0.4, 0.5) is 0 Å². The molecule has 0 saturated heterocycles. The molecule has 0 radical (unpaired) electrons. The van der Waals surface area contributed by atoms with Gasteiger partial charge in [-0.05, 0) is 44.1 Å². The standard InChI is InChI=1S/C17H28Cl2N2/c1-5-13(3)12-21(4)11-10-16(20-6-2)14-8-7-9-15(18)17(14)19/h7-9,13,16,20H,5-6,10-12H2,1-4H3. The Labute approximate surface area is 139 Å². The third-order valence-electron chi connectivity index (χ3n) is 3.93. The first-order valence-electron chi connectivity index (χ1n) is 7.85. The highest BCUT2D eigenvalue weighted by Gasteiger charge is 2.16. The Balaban J connectivity index is 2.67. The van der Waals surface area contributed by atoms with E-state index in [9.17, 15) is 0 Å². The van der Waals surface area contributed by atoms with Gasteiger partial charge in [0.25, 0.3) is 0 Å². The van der Waals surface area contributed by atoms with Crippen molar-refractivity contribution in [3.05, 3.63) is 33.8 Å². The van der Waals surface area contributed by atoms with Gasteiger partial charge < -0.3 is 10.2 Å². The monoisotopic (exact) mass is 330 g/mol. The highest BCUT2D eigenvalue weighted by Crippen LogP contribution is 2.31. The molecule has 0 aromatic heterocycles. The van der Waals surface area contributed by atoms with Gasteiger partial charge in [0.05, 0.1) is 10.0 Å². The first-order chi connectivity index (χ1) is 9.99. The van der Waals surface area contributed by atoms with Crippen LogP contribution in [0.1, 0.15) is 45.2 Å². The van der Waals surface area contributed by atoms with Gasteiger partial charge in [-0.3, -0.25) is 0 Å². The van der Waals surface area contributed by atoms with Crippen molar-refractivity contribution in [1.82, 2.24) is 10.2 Å². The average molecular weight is 331 g/mol. The van der Waals surface area contributed by atoms with Crippen LogP contribution in [0, 0.1) is 5.92 Å². The van der Waals surface area contributed by atoms with Gasteiger partial charge in [-0.15, -0.1) is 0 Å². The molecule has 1 aromatic carbocycles. The molecule has 2 atom stereocenters. The molecule has 2 nitrogen and oxygen atoms in total. The quantitative estimate of drug-likeness (QED) is 0.684.